The minimum atomic E-state index is -0.839. The van der Waals surface area contributed by atoms with Crippen LogP contribution in [0.2, 0.25) is 0 Å². The van der Waals surface area contributed by atoms with Crippen molar-refractivity contribution in [1.29, 1.82) is 0 Å². The molecule has 1 aliphatic rings. The van der Waals surface area contributed by atoms with Crippen LogP contribution in [0.1, 0.15) is 22.5 Å². The Morgan fingerprint density at radius 1 is 1.37 bits per heavy atom. The van der Waals surface area contributed by atoms with Gasteiger partial charge in [0.1, 0.15) is 11.4 Å². The highest BCUT2D eigenvalue weighted by Crippen LogP contribution is 2.16. The summed E-state index contributed by atoms with van der Waals surface area (Å²) in [4.78, 5) is 34.1. The zero-order chi connectivity index (χ0) is 19.2. The van der Waals surface area contributed by atoms with E-state index in [1.54, 1.807) is 12.0 Å². The zero-order valence-corrected chi connectivity index (χ0v) is 15.0. The predicted molar refractivity (Wildman–Crippen MR) is 97.2 cm³/mol. The highest BCUT2D eigenvalue weighted by Gasteiger charge is 2.31. The highest BCUT2D eigenvalue weighted by molar-refractivity contribution is 5.92. The van der Waals surface area contributed by atoms with Crippen molar-refractivity contribution in [3.63, 3.8) is 0 Å². The fraction of sp³-hybridized carbons (Fsp3) is 0.368. The molecule has 0 bridgehead atoms. The van der Waals surface area contributed by atoms with Gasteiger partial charge in [0.15, 0.2) is 0 Å². The number of hydrogen-bond acceptors (Lipinski definition) is 6. The summed E-state index contributed by atoms with van der Waals surface area (Å²) in [6.45, 7) is 0.638. The molecule has 2 amide bonds. The largest absolute Gasteiger partial charge is 0.497 e. The Hall–Kier alpha value is -3.00. The first-order valence-corrected chi connectivity index (χ1v) is 8.72. The molecule has 1 saturated heterocycles. The van der Waals surface area contributed by atoms with E-state index < -0.39 is 12.1 Å². The summed E-state index contributed by atoms with van der Waals surface area (Å²) in [5, 5.41) is 13.1. The summed E-state index contributed by atoms with van der Waals surface area (Å²) in [5.41, 5.74) is 1.05. The minimum absolute atomic E-state index is 0.0685. The minimum Gasteiger partial charge on any atom is -0.497 e. The highest BCUT2D eigenvalue weighted by atomic mass is 16.5. The van der Waals surface area contributed by atoms with Crippen LogP contribution in [0.3, 0.4) is 0 Å². The Balaban J connectivity index is 1.54. The number of aliphatic hydroxyl groups excluding tert-OH is 1. The number of aromatic nitrogens is 2. The molecule has 2 heterocycles. The first kappa shape index (κ1) is 18.8. The van der Waals surface area contributed by atoms with Crippen LogP contribution in [0.15, 0.2) is 42.9 Å². The number of β-amino-alcohol motifs (C(OH)–C–C–N with tert-alkyl or cyclic N) is 1. The van der Waals surface area contributed by atoms with Crippen molar-refractivity contribution in [1.82, 2.24) is 20.2 Å². The van der Waals surface area contributed by atoms with Crippen molar-refractivity contribution in [2.45, 2.75) is 25.0 Å². The number of benzene rings is 1. The summed E-state index contributed by atoms with van der Waals surface area (Å²) in [7, 11) is 1.58. The lowest BCUT2D eigenvalue weighted by atomic mass is 10.0. The average Bonchev–Trinajstić information content (AvgIpc) is 2.70. The SMILES string of the molecule is COc1cccc(CC(=O)N2CC[C@@H](NC(=O)c3cnccn3)[C@H](O)C2)c1. The molecule has 142 valence electrons. The first-order chi connectivity index (χ1) is 13.1. The zero-order valence-electron chi connectivity index (χ0n) is 15.0. The van der Waals surface area contributed by atoms with Gasteiger partial charge in [0, 0.05) is 25.5 Å². The Morgan fingerprint density at radius 2 is 2.22 bits per heavy atom. The fourth-order valence-electron chi connectivity index (χ4n) is 3.05. The molecule has 1 fully saturated rings. The number of hydrogen-bond donors (Lipinski definition) is 2. The molecule has 2 atom stereocenters. The van der Waals surface area contributed by atoms with E-state index in [-0.39, 0.29) is 30.5 Å². The van der Waals surface area contributed by atoms with Crippen molar-refractivity contribution >= 4 is 11.8 Å². The smallest absolute Gasteiger partial charge is 0.271 e. The van der Waals surface area contributed by atoms with Gasteiger partial charge in [-0.2, -0.15) is 0 Å². The average molecular weight is 370 g/mol. The van der Waals surface area contributed by atoms with Crippen molar-refractivity contribution in [2.24, 2.45) is 0 Å². The van der Waals surface area contributed by atoms with E-state index >= 15 is 0 Å². The molecule has 3 rings (SSSR count). The van der Waals surface area contributed by atoms with Gasteiger partial charge in [-0.25, -0.2) is 4.98 Å². The molecule has 0 saturated carbocycles. The lowest BCUT2D eigenvalue weighted by Crippen LogP contribution is -2.55. The number of rotatable bonds is 5. The Morgan fingerprint density at radius 3 is 2.93 bits per heavy atom. The van der Waals surface area contributed by atoms with E-state index in [9.17, 15) is 14.7 Å². The van der Waals surface area contributed by atoms with Crippen LogP contribution in [0.4, 0.5) is 0 Å². The van der Waals surface area contributed by atoms with Gasteiger partial charge in [-0.1, -0.05) is 12.1 Å². The van der Waals surface area contributed by atoms with Crippen LogP contribution in [0, 0.1) is 0 Å². The number of nitrogens with zero attached hydrogens (tertiary/aromatic N) is 3. The lowest BCUT2D eigenvalue weighted by molar-refractivity contribution is -0.134. The molecule has 0 unspecified atom stereocenters. The molecular weight excluding hydrogens is 348 g/mol. The van der Waals surface area contributed by atoms with Crippen molar-refractivity contribution in [3.8, 4) is 5.75 Å². The third-order valence-corrected chi connectivity index (χ3v) is 4.54. The van der Waals surface area contributed by atoms with Crippen LogP contribution in [-0.2, 0) is 11.2 Å². The van der Waals surface area contributed by atoms with Gasteiger partial charge in [0.25, 0.3) is 5.91 Å². The van der Waals surface area contributed by atoms with E-state index in [2.05, 4.69) is 15.3 Å². The van der Waals surface area contributed by atoms with E-state index in [0.717, 1.165) is 5.56 Å². The van der Waals surface area contributed by atoms with E-state index in [4.69, 9.17) is 4.74 Å². The van der Waals surface area contributed by atoms with Crippen molar-refractivity contribution < 1.29 is 19.4 Å². The Kier molecular flexibility index (Phi) is 5.97. The van der Waals surface area contributed by atoms with E-state index in [1.165, 1.54) is 18.6 Å². The molecular formula is C19H22N4O4. The number of carbonyl (C=O) groups excluding carboxylic acids is 2. The predicted octanol–water partition coefficient (Wildman–Crippen LogP) is 0.419. The van der Waals surface area contributed by atoms with Gasteiger partial charge >= 0.3 is 0 Å². The molecule has 1 aromatic heterocycles. The molecule has 0 aliphatic carbocycles. The summed E-state index contributed by atoms with van der Waals surface area (Å²) >= 11 is 0. The van der Waals surface area contributed by atoms with E-state index in [1.807, 2.05) is 24.3 Å². The molecule has 2 N–H and O–H groups in total. The number of piperidine rings is 1. The van der Waals surface area contributed by atoms with Crippen LogP contribution >= 0.6 is 0 Å². The number of carbonyl (C=O) groups is 2. The Labute approximate surface area is 157 Å². The maximum Gasteiger partial charge on any atom is 0.271 e. The molecule has 2 aromatic rings. The van der Waals surface area contributed by atoms with Crippen molar-refractivity contribution in [3.05, 3.63) is 54.1 Å². The summed E-state index contributed by atoms with van der Waals surface area (Å²) in [6.07, 6.45) is 4.16. The fourth-order valence-corrected chi connectivity index (χ4v) is 3.05. The molecule has 8 heteroatoms. The quantitative estimate of drug-likeness (QED) is 0.790. The van der Waals surface area contributed by atoms with Crippen LogP contribution in [0.5, 0.6) is 5.75 Å². The Bertz CT molecular complexity index is 799. The topological polar surface area (TPSA) is 105 Å². The van der Waals surface area contributed by atoms with Gasteiger partial charge in [-0.15, -0.1) is 0 Å². The van der Waals surface area contributed by atoms with Crippen LogP contribution in [0.25, 0.3) is 0 Å². The first-order valence-electron chi connectivity index (χ1n) is 8.72. The van der Waals surface area contributed by atoms with Crippen LogP contribution < -0.4 is 10.1 Å². The molecule has 1 aliphatic heterocycles. The number of likely N-dealkylation sites (tertiary alicyclic amines) is 1. The van der Waals surface area contributed by atoms with Crippen LogP contribution in [-0.4, -0.2) is 64.1 Å². The number of nitrogens with one attached hydrogen (secondary N) is 1. The number of ether oxygens (including phenoxy) is 1. The van der Waals surface area contributed by atoms with Gasteiger partial charge in [-0.05, 0) is 24.1 Å². The number of amides is 2. The van der Waals surface area contributed by atoms with Gasteiger partial charge < -0.3 is 20.1 Å². The summed E-state index contributed by atoms with van der Waals surface area (Å²) < 4.78 is 5.17. The maximum absolute atomic E-state index is 12.5. The molecule has 27 heavy (non-hydrogen) atoms. The normalized spacial score (nSPS) is 19.4. The standard InChI is InChI=1S/C19H22N4O4/c1-27-14-4-2-3-13(9-14)10-18(25)23-8-5-15(17(24)12-23)22-19(26)16-11-20-6-7-21-16/h2-4,6-7,9,11,15,17,24H,5,8,10,12H2,1H3,(H,22,26)/t15-,17-/m1/s1. The maximum atomic E-state index is 12.5. The summed E-state index contributed by atoms with van der Waals surface area (Å²) in [6, 6.07) is 6.92. The molecule has 0 radical (unpaired) electrons. The third kappa shape index (κ3) is 4.79. The van der Waals surface area contributed by atoms with Gasteiger partial charge in [0.05, 0.1) is 31.9 Å². The van der Waals surface area contributed by atoms with Gasteiger partial charge in [0.2, 0.25) is 5.91 Å². The van der Waals surface area contributed by atoms with Crippen molar-refractivity contribution in [2.75, 3.05) is 20.2 Å². The number of aliphatic hydroxyl groups is 1. The van der Waals surface area contributed by atoms with Gasteiger partial charge in [-0.3, -0.25) is 14.6 Å². The van der Waals surface area contributed by atoms with E-state index in [0.29, 0.717) is 18.7 Å². The summed E-state index contributed by atoms with van der Waals surface area (Å²) in [5.74, 6) is 0.245. The lowest BCUT2D eigenvalue weighted by Gasteiger charge is -2.36. The monoisotopic (exact) mass is 370 g/mol. The number of methoxy groups -OCH3 is 1. The second-order valence-electron chi connectivity index (χ2n) is 6.39. The molecule has 8 nitrogen and oxygen atoms in total. The molecule has 0 spiro atoms. The molecule has 1 aromatic carbocycles. The second kappa shape index (κ2) is 8.59. The third-order valence-electron chi connectivity index (χ3n) is 4.54. The second-order valence-corrected chi connectivity index (χ2v) is 6.39.